The van der Waals surface area contributed by atoms with E-state index in [-0.39, 0.29) is 5.91 Å². The molecule has 3 aromatic rings. The number of hydrogen-bond acceptors (Lipinski definition) is 7. The van der Waals surface area contributed by atoms with Crippen LogP contribution in [0.4, 0.5) is 5.13 Å². The summed E-state index contributed by atoms with van der Waals surface area (Å²) >= 11 is 1.55. The first-order chi connectivity index (χ1) is 16.9. The zero-order valence-corrected chi connectivity index (χ0v) is 22.5. The first-order valence-electron chi connectivity index (χ1n) is 11.7. The van der Waals surface area contributed by atoms with Gasteiger partial charge in [-0.1, -0.05) is 31.3 Å². The van der Waals surface area contributed by atoms with Gasteiger partial charge in [0.2, 0.25) is 5.75 Å². The van der Waals surface area contributed by atoms with Gasteiger partial charge in [-0.2, -0.15) is 0 Å². The normalized spacial score (nSPS) is 11.4. The number of thiazole rings is 1. The molecule has 1 aromatic heterocycles. The van der Waals surface area contributed by atoms with Crippen LogP contribution in [0, 0.1) is 13.8 Å². The van der Waals surface area contributed by atoms with Crippen molar-refractivity contribution in [3.63, 3.8) is 0 Å². The third kappa shape index (κ3) is 5.94. The van der Waals surface area contributed by atoms with E-state index in [9.17, 15) is 4.79 Å². The van der Waals surface area contributed by atoms with Gasteiger partial charge in [-0.15, -0.1) is 0 Å². The SMILES string of the molecule is CCN(CC)CCN(C(=O)C=Cc1cc(OC)c(OC)c(OC)c1)c1nc2c(C)c(C)ccc2s1. The van der Waals surface area contributed by atoms with Crippen LogP contribution in [0.3, 0.4) is 0 Å². The average molecular weight is 498 g/mol. The van der Waals surface area contributed by atoms with E-state index in [1.807, 2.05) is 12.1 Å². The number of rotatable bonds is 11. The molecule has 0 aliphatic carbocycles. The van der Waals surface area contributed by atoms with Crippen LogP contribution in [0.2, 0.25) is 0 Å². The van der Waals surface area contributed by atoms with Gasteiger partial charge in [-0.3, -0.25) is 9.69 Å². The smallest absolute Gasteiger partial charge is 0.252 e. The fourth-order valence-electron chi connectivity index (χ4n) is 3.87. The van der Waals surface area contributed by atoms with Crippen LogP contribution >= 0.6 is 11.3 Å². The van der Waals surface area contributed by atoms with E-state index in [4.69, 9.17) is 19.2 Å². The molecular formula is C27H35N3O4S. The predicted octanol–water partition coefficient (Wildman–Crippen LogP) is 5.33. The Morgan fingerprint density at radius 2 is 1.66 bits per heavy atom. The van der Waals surface area contributed by atoms with Gasteiger partial charge in [0.1, 0.15) is 0 Å². The van der Waals surface area contributed by atoms with Gasteiger partial charge in [-0.25, -0.2) is 4.98 Å². The molecule has 0 aliphatic rings. The van der Waals surface area contributed by atoms with Crippen molar-refractivity contribution < 1.29 is 19.0 Å². The molecule has 0 bridgehead atoms. The maximum atomic E-state index is 13.5. The molecule has 0 N–H and O–H groups in total. The minimum absolute atomic E-state index is 0.126. The summed E-state index contributed by atoms with van der Waals surface area (Å²) in [6.07, 6.45) is 3.34. The Balaban J connectivity index is 1.95. The summed E-state index contributed by atoms with van der Waals surface area (Å²) in [4.78, 5) is 22.4. The van der Waals surface area contributed by atoms with Crippen molar-refractivity contribution in [3.05, 3.63) is 47.0 Å². The summed E-state index contributed by atoms with van der Waals surface area (Å²) in [5, 5.41) is 0.709. The van der Waals surface area contributed by atoms with E-state index in [0.29, 0.717) is 28.9 Å². The highest BCUT2D eigenvalue weighted by molar-refractivity contribution is 7.22. The number of hydrogen-bond donors (Lipinski definition) is 0. The van der Waals surface area contributed by atoms with E-state index in [1.165, 1.54) is 5.56 Å². The number of aryl methyl sites for hydroxylation is 2. The third-order valence-corrected chi connectivity index (χ3v) is 7.25. The fourth-order valence-corrected chi connectivity index (χ4v) is 4.92. The Morgan fingerprint density at radius 1 is 1.00 bits per heavy atom. The number of benzene rings is 2. The number of amides is 1. The molecule has 35 heavy (non-hydrogen) atoms. The zero-order chi connectivity index (χ0) is 25.5. The van der Waals surface area contributed by atoms with Gasteiger partial charge in [-0.05, 0) is 67.9 Å². The number of carbonyl (C=O) groups is 1. The van der Waals surface area contributed by atoms with E-state index in [2.05, 4.69) is 44.7 Å². The Morgan fingerprint density at radius 3 is 2.23 bits per heavy atom. The van der Waals surface area contributed by atoms with Crippen LogP contribution in [-0.2, 0) is 4.79 Å². The molecule has 0 saturated heterocycles. The topological polar surface area (TPSA) is 64.1 Å². The summed E-state index contributed by atoms with van der Waals surface area (Å²) in [5.41, 5.74) is 4.07. The van der Waals surface area contributed by atoms with E-state index >= 15 is 0 Å². The second-order valence-corrected chi connectivity index (χ2v) is 9.17. The Labute approximate surface area is 211 Å². The lowest BCUT2D eigenvalue weighted by Crippen LogP contribution is -2.38. The van der Waals surface area contributed by atoms with Gasteiger partial charge < -0.3 is 19.1 Å². The maximum absolute atomic E-state index is 13.5. The first kappa shape index (κ1) is 26.5. The van der Waals surface area contributed by atoms with Gasteiger partial charge in [0, 0.05) is 19.2 Å². The molecule has 3 rings (SSSR count). The number of aromatic nitrogens is 1. The number of likely N-dealkylation sites (N-methyl/N-ethyl adjacent to an activating group) is 1. The number of ether oxygens (including phenoxy) is 3. The molecule has 0 saturated carbocycles. The number of anilines is 1. The summed E-state index contributed by atoms with van der Waals surface area (Å²) in [6.45, 7) is 11.6. The molecule has 8 heteroatoms. The van der Waals surface area contributed by atoms with Crippen LogP contribution in [0.5, 0.6) is 17.2 Å². The van der Waals surface area contributed by atoms with Crippen LogP contribution in [0.15, 0.2) is 30.3 Å². The number of carbonyl (C=O) groups excluding carboxylic acids is 1. The standard InChI is InChI=1S/C27H35N3O4S/c1-8-29(9-2)14-15-30(27-28-25-19(4)18(3)10-12-23(25)35-27)24(31)13-11-20-16-21(32-5)26(34-7)22(17-20)33-6/h10-13,16-17H,8-9,14-15H2,1-7H3. The third-order valence-electron chi connectivity index (χ3n) is 6.21. The Bertz CT molecular complexity index is 1180. The molecule has 188 valence electrons. The number of nitrogens with zero attached hydrogens (tertiary/aromatic N) is 3. The molecule has 0 radical (unpaired) electrons. The molecule has 0 aliphatic heterocycles. The molecule has 1 amide bonds. The minimum Gasteiger partial charge on any atom is -0.493 e. The van der Waals surface area contributed by atoms with E-state index in [0.717, 1.165) is 41.0 Å². The molecule has 0 fully saturated rings. The lowest BCUT2D eigenvalue weighted by Gasteiger charge is -2.23. The van der Waals surface area contributed by atoms with E-state index < -0.39 is 0 Å². The molecule has 2 aromatic carbocycles. The van der Waals surface area contributed by atoms with Crippen molar-refractivity contribution in [1.29, 1.82) is 0 Å². The van der Waals surface area contributed by atoms with Gasteiger partial charge in [0.05, 0.1) is 31.5 Å². The second-order valence-electron chi connectivity index (χ2n) is 8.16. The summed E-state index contributed by atoms with van der Waals surface area (Å²) in [5.74, 6) is 1.46. The second kappa shape index (κ2) is 12.0. The average Bonchev–Trinajstić information content (AvgIpc) is 3.31. The largest absolute Gasteiger partial charge is 0.493 e. The lowest BCUT2D eigenvalue weighted by molar-refractivity contribution is -0.114. The number of methoxy groups -OCH3 is 3. The summed E-state index contributed by atoms with van der Waals surface area (Å²) < 4.78 is 17.4. The van der Waals surface area contributed by atoms with Crippen LogP contribution in [-0.4, -0.2) is 63.3 Å². The van der Waals surface area contributed by atoms with Crippen molar-refractivity contribution in [3.8, 4) is 17.2 Å². The summed E-state index contributed by atoms with van der Waals surface area (Å²) in [7, 11) is 4.71. The highest BCUT2D eigenvalue weighted by Crippen LogP contribution is 2.38. The van der Waals surface area contributed by atoms with E-state index in [1.54, 1.807) is 49.7 Å². The first-order valence-corrected chi connectivity index (χ1v) is 12.6. The van der Waals surface area contributed by atoms with Crippen LogP contribution in [0.25, 0.3) is 16.3 Å². The quantitative estimate of drug-likeness (QED) is 0.334. The monoisotopic (exact) mass is 497 g/mol. The zero-order valence-electron chi connectivity index (χ0n) is 21.7. The van der Waals surface area contributed by atoms with Crippen LogP contribution in [0.1, 0.15) is 30.5 Å². The minimum atomic E-state index is -0.126. The van der Waals surface area contributed by atoms with Crippen LogP contribution < -0.4 is 19.1 Å². The maximum Gasteiger partial charge on any atom is 0.252 e. The van der Waals surface area contributed by atoms with Crippen molar-refractivity contribution in [2.24, 2.45) is 0 Å². The Kier molecular flexibility index (Phi) is 9.12. The van der Waals surface area contributed by atoms with Crippen molar-refractivity contribution in [2.45, 2.75) is 27.7 Å². The Hall–Kier alpha value is -3.10. The lowest BCUT2D eigenvalue weighted by atomic mass is 10.1. The molecule has 0 atom stereocenters. The highest BCUT2D eigenvalue weighted by atomic mass is 32.1. The molecule has 1 heterocycles. The molecule has 0 unspecified atom stereocenters. The summed E-state index contributed by atoms with van der Waals surface area (Å²) in [6, 6.07) is 7.81. The molecular weight excluding hydrogens is 462 g/mol. The van der Waals surface area contributed by atoms with Gasteiger partial charge in [0.15, 0.2) is 16.6 Å². The number of fused-ring (bicyclic) bond motifs is 1. The van der Waals surface area contributed by atoms with Crippen molar-refractivity contribution >= 4 is 38.7 Å². The molecule has 7 nitrogen and oxygen atoms in total. The van der Waals surface area contributed by atoms with Gasteiger partial charge >= 0.3 is 0 Å². The fraction of sp³-hybridized carbons (Fsp3) is 0.407. The predicted molar refractivity (Wildman–Crippen MR) is 144 cm³/mol. The molecule has 0 spiro atoms. The van der Waals surface area contributed by atoms with Crippen molar-refractivity contribution in [2.75, 3.05) is 52.4 Å². The van der Waals surface area contributed by atoms with Gasteiger partial charge in [0.25, 0.3) is 5.91 Å². The highest BCUT2D eigenvalue weighted by Gasteiger charge is 2.20. The van der Waals surface area contributed by atoms with Crippen molar-refractivity contribution in [1.82, 2.24) is 9.88 Å².